The third-order valence-corrected chi connectivity index (χ3v) is 6.19. The molecule has 0 aliphatic carbocycles. The van der Waals surface area contributed by atoms with Crippen LogP contribution in [0.4, 0.5) is 0 Å². The van der Waals surface area contributed by atoms with E-state index in [1.54, 1.807) is 23.9 Å². The van der Waals surface area contributed by atoms with Crippen molar-refractivity contribution in [2.75, 3.05) is 27.2 Å². The fraction of sp³-hybridized carbons (Fsp3) is 0.444. The van der Waals surface area contributed by atoms with Crippen molar-refractivity contribution in [1.29, 1.82) is 0 Å². The molecule has 0 aliphatic rings. The lowest BCUT2D eigenvalue weighted by Gasteiger charge is -2.19. The number of aromatic nitrogens is 2. The van der Waals surface area contributed by atoms with Crippen molar-refractivity contribution >= 4 is 15.9 Å². The maximum atomic E-state index is 12.8. The lowest BCUT2D eigenvalue weighted by molar-refractivity contribution is 0.0802. The van der Waals surface area contributed by atoms with Crippen molar-refractivity contribution in [3.8, 4) is 0 Å². The second-order valence-corrected chi connectivity index (χ2v) is 8.37. The first-order valence-corrected chi connectivity index (χ1v) is 9.93. The Hall–Kier alpha value is -2.19. The number of benzene rings is 1. The van der Waals surface area contributed by atoms with Crippen LogP contribution in [-0.4, -0.2) is 60.5 Å². The third-order valence-electron chi connectivity index (χ3n) is 4.34. The molecule has 0 saturated heterocycles. The maximum absolute atomic E-state index is 12.8. The molecule has 142 valence electrons. The fourth-order valence-electron chi connectivity index (χ4n) is 2.59. The molecule has 0 radical (unpaired) electrons. The number of nitrogens with zero attached hydrogens (tertiary/aromatic N) is 4. The fourth-order valence-corrected chi connectivity index (χ4v) is 3.80. The molecule has 0 N–H and O–H groups in total. The van der Waals surface area contributed by atoms with Gasteiger partial charge in [-0.3, -0.25) is 9.48 Å². The Labute approximate surface area is 155 Å². The second-order valence-electron chi connectivity index (χ2n) is 6.32. The molecule has 0 saturated carbocycles. The minimum absolute atomic E-state index is 0.115. The summed E-state index contributed by atoms with van der Waals surface area (Å²) in [4.78, 5) is 13.9. The molecule has 26 heavy (non-hydrogen) atoms. The quantitative estimate of drug-likeness (QED) is 0.738. The molecule has 8 heteroatoms. The van der Waals surface area contributed by atoms with Gasteiger partial charge in [-0.05, 0) is 45.0 Å². The standard InChI is InChI=1S/C18H26N4O3S/c1-6-20(4)18(23)16-8-7-9-17(13-16)26(24,25)21(5)10-11-22-15(3)12-14(2)19-22/h7-9,12-13H,6,10-11H2,1-5H3. The van der Waals surface area contributed by atoms with Gasteiger partial charge in [0.1, 0.15) is 0 Å². The zero-order chi connectivity index (χ0) is 19.5. The van der Waals surface area contributed by atoms with E-state index in [2.05, 4.69) is 5.10 Å². The largest absolute Gasteiger partial charge is 0.342 e. The molecule has 1 heterocycles. The van der Waals surface area contributed by atoms with Gasteiger partial charge < -0.3 is 4.90 Å². The summed E-state index contributed by atoms with van der Waals surface area (Å²) in [7, 11) is -0.462. The smallest absolute Gasteiger partial charge is 0.253 e. The van der Waals surface area contributed by atoms with Crippen LogP contribution in [0.15, 0.2) is 35.2 Å². The van der Waals surface area contributed by atoms with Gasteiger partial charge in [0.25, 0.3) is 5.91 Å². The van der Waals surface area contributed by atoms with Crippen LogP contribution in [0.3, 0.4) is 0 Å². The van der Waals surface area contributed by atoms with Gasteiger partial charge >= 0.3 is 0 Å². The molecule has 0 unspecified atom stereocenters. The average molecular weight is 378 g/mol. The molecule has 1 aromatic carbocycles. The Morgan fingerprint density at radius 1 is 1.19 bits per heavy atom. The summed E-state index contributed by atoms with van der Waals surface area (Å²) in [5.74, 6) is -0.199. The molecule has 0 fully saturated rings. The van der Waals surface area contributed by atoms with Gasteiger partial charge in [-0.15, -0.1) is 0 Å². The normalized spacial score (nSPS) is 11.8. The molecular weight excluding hydrogens is 352 g/mol. The Morgan fingerprint density at radius 2 is 1.88 bits per heavy atom. The maximum Gasteiger partial charge on any atom is 0.253 e. The van der Waals surface area contributed by atoms with Crippen molar-refractivity contribution in [3.63, 3.8) is 0 Å². The van der Waals surface area contributed by atoms with E-state index in [1.165, 1.54) is 28.4 Å². The van der Waals surface area contributed by atoms with E-state index in [4.69, 9.17) is 0 Å². The summed E-state index contributed by atoms with van der Waals surface area (Å²) in [6, 6.07) is 8.12. The number of carbonyl (C=O) groups is 1. The number of amides is 1. The van der Waals surface area contributed by atoms with Gasteiger partial charge in [-0.2, -0.15) is 9.40 Å². The predicted molar refractivity (Wildman–Crippen MR) is 101 cm³/mol. The van der Waals surface area contributed by atoms with Crippen LogP contribution in [0.1, 0.15) is 28.7 Å². The molecule has 1 aromatic heterocycles. The van der Waals surface area contributed by atoms with E-state index in [-0.39, 0.29) is 17.3 Å². The van der Waals surface area contributed by atoms with Gasteiger partial charge in [0.2, 0.25) is 10.0 Å². The molecule has 2 rings (SSSR count). The van der Waals surface area contributed by atoms with Gasteiger partial charge in [-0.1, -0.05) is 6.07 Å². The SMILES string of the molecule is CCN(C)C(=O)c1cccc(S(=O)(=O)N(C)CCn2nc(C)cc2C)c1. The summed E-state index contributed by atoms with van der Waals surface area (Å²) in [5, 5.41) is 4.35. The third kappa shape index (κ3) is 4.31. The Kier molecular flexibility index (Phi) is 6.20. The molecule has 1 amide bonds. The zero-order valence-electron chi connectivity index (χ0n) is 15.9. The summed E-state index contributed by atoms with van der Waals surface area (Å²) >= 11 is 0. The minimum Gasteiger partial charge on any atom is -0.342 e. The summed E-state index contributed by atoms with van der Waals surface area (Å²) in [6.07, 6.45) is 0. The zero-order valence-corrected chi connectivity index (χ0v) is 16.7. The number of likely N-dealkylation sites (N-methyl/N-ethyl adjacent to an activating group) is 1. The number of hydrogen-bond donors (Lipinski definition) is 0. The monoisotopic (exact) mass is 378 g/mol. The summed E-state index contributed by atoms with van der Waals surface area (Å²) in [6.45, 7) is 7.02. The Bertz CT molecular complexity index is 890. The van der Waals surface area contributed by atoms with Crippen LogP contribution < -0.4 is 0 Å². The number of rotatable bonds is 7. The first kappa shape index (κ1) is 20.1. The average Bonchev–Trinajstić information content (AvgIpc) is 2.95. The Morgan fingerprint density at radius 3 is 2.46 bits per heavy atom. The number of aryl methyl sites for hydroxylation is 2. The number of sulfonamides is 1. The van der Waals surface area contributed by atoms with Crippen LogP contribution in [0.25, 0.3) is 0 Å². The highest BCUT2D eigenvalue weighted by Gasteiger charge is 2.22. The number of carbonyl (C=O) groups excluding carboxylic acids is 1. The molecule has 7 nitrogen and oxygen atoms in total. The van der Waals surface area contributed by atoms with Crippen molar-refractivity contribution in [3.05, 3.63) is 47.3 Å². The van der Waals surface area contributed by atoms with Gasteiger partial charge in [0.15, 0.2) is 0 Å². The van der Waals surface area contributed by atoms with Crippen molar-refractivity contribution in [1.82, 2.24) is 19.0 Å². The minimum atomic E-state index is -3.68. The van der Waals surface area contributed by atoms with Gasteiger partial charge in [0.05, 0.1) is 17.1 Å². The van der Waals surface area contributed by atoms with Crippen molar-refractivity contribution < 1.29 is 13.2 Å². The molecular formula is C18H26N4O3S. The lowest BCUT2D eigenvalue weighted by Crippen LogP contribution is -2.31. The van der Waals surface area contributed by atoms with Crippen molar-refractivity contribution in [2.45, 2.75) is 32.2 Å². The molecule has 2 aromatic rings. The highest BCUT2D eigenvalue weighted by atomic mass is 32.2. The van der Waals surface area contributed by atoms with E-state index in [9.17, 15) is 13.2 Å². The van der Waals surface area contributed by atoms with Crippen LogP contribution in [0, 0.1) is 13.8 Å². The van der Waals surface area contributed by atoms with E-state index in [0.29, 0.717) is 18.7 Å². The van der Waals surface area contributed by atoms with E-state index >= 15 is 0 Å². The van der Waals surface area contributed by atoms with Gasteiger partial charge in [0, 0.05) is 38.4 Å². The van der Waals surface area contributed by atoms with E-state index in [1.807, 2.05) is 26.8 Å². The van der Waals surface area contributed by atoms with E-state index in [0.717, 1.165) is 11.4 Å². The summed E-state index contributed by atoms with van der Waals surface area (Å²) < 4.78 is 28.7. The predicted octanol–water partition coefficient (Wildman–Crippen LogP) is 1.91. The topological polar surface area (TPSA) is 75.5 Å². The van der Waals surface area contributed by atoms with Crippen molar-refractivity contribution in [2.24, 2.45) is 0 Å². The summed E-state index contributed by atoms with van der Waals surface area (Å²) in [5.41, 5.74) is 2.25. The lowest BCUT2D eigenvalue weighted by atomic mass is 10.2. The molecule has 0 bridgehead atoms. The molecule has 0 aliphatic heterocycles. The molecule has 0 spiro atoms. The highest BCUT2D eigenvalue weighted by Crippen LogP contribution is 2.17. The van der Waals surface area contributed by atoms with Crippen LogP contribution >= 0.6 is 0 Å². The first-order chi connectivity index (χ1) is 12.2. The molecule has 0 atom stereocenters. The second kappa shape index (κ2) is 8.01. The number of hydrogen-bond acceptors (Lipinski definition) is 4. The highest BCUT2D eigenvalue weighted by molar-refractivity contribution is 7.89. The van der Waals surface area contributed by atoms with Crippen LogP contribution in [0.2, 0.25) is 0 Å². The van der Waals surface area contributed by atoms with Crippen LogP contribution in [-0.2, 0) is 16.6 Å². The van der Waals surface area contributed by atoms with Gasteiger partial charge in [-0.25, -0.2) is 8.42 Å². The first-order valence-electron chi connectivity index (χ1n) is 8.49. The Balaban J connectivity index is 2.18. The van der Waals surface area contributed by atoms with Crippen LogP contribution in [0.5, 0.6) is 0 Å². The van der Waals surface area contributed by atoms with E-state index < -0.39 is 10.0 Å².